The van der Waals surface area contributed by atoms with E-state index >= 15 is 0 Å². The molecule has 0 fully saturated rings. The van der Waals surface area contributed by atoms with Gasteiger partial charge < -0.3 is 29.9 Å². The predicted molar refractivity (Wildman–Crippen MR) is 212 cm³/mol. The maximum absolute atomic E-state index is 12.5. The highest BCUT2D eigenvalue weighted by Crippen LogP contribution is 2.38. The van der Waals surface area contributed by atoms with Gasteiger partial charge in [-0.25, -0.2) is 19.2 Å². The molecular weight excluding hydrogens is 744 g/mol. The van der Waals surface area contributed by atoms with Gasteiger partial charge in [-0.05, 0) is 82.9 Å². The van der Waals surface area contributed by atoms with Gasteiger partial charge in [-0.2, -0.15) is 0 Å². The van der Waals surface area contributed by atoms with Crippen LogP contribution in [0.1, 0.15) is 73.3 Å². The van der Waals surface area contributed by atoms with Crippen molar-refractivity contribution in [3.63, 3.8) is 0 Å². The lowest BCUT2D eigenvalue weighted by molar-refractivity contribution is 0.0649. The summed E-state index contributed by atoms with van der Waals surface area (Å²) in [5.41, 5.74) is -0.678. The summed E-state index contributed by atoms with van der Waals surface area (Å²) < 4.78 is 11.8. The van der Waals surface area contributed by atoms with Crippen LogP contribution >= 0.6 is 0 Å². The standard InChI is InChI=1S/C46H30O12/c47-37(29-7-3-1-4-8-29)21-15-27-11-17-33(18-12-27)57-39-25-31(23-35(43(49)50)41(39)45(53)54)32-24-36(44(51)52)42(46(55)56)40(26-32)58-34-19-13-28(14-20-34)16-22-38(48)30-9-5-2-6-10-30/h1-26H,(H,49,50)(H,51,52)(H,53,54)(H,55,56)/b21-15+,22-16+. The van der Waals surface area contributed by atoms with Crippen LogP contribution in [-0.4, -0.2) is 55.9 Å². The third kappa shape index (κ3) is 9.28. The summed E-state index contributed by atoms with van der Waals surface area (Å²) in [6, 6.07) is 33.9. The Bertz CT molecular complexity index is 2440. The fourth-order valence-corrected chi connectivity index (χ4v) is 5.79. The van der Waals surface area contributed by atoms with E-state index in [9.17, 15) is 49.2 Å². The quantitative estimate of drug-likeness (QED) is 0.0569. The van der Waals surface area contributed by atoms with Gasteiger partial charge in [0.25, 0.3) is 0 Å². The van der Waals surface area contributed by atoms with Gasteiger partial charge in [-0.1, -0.05) is 97.1 Å². The second kappa shape index (κ2) is 17.4. The molecule has 6 rings (SSSR count). The molecule has 0 aliphatic rings. The zero-order valence-electron chi connectivity index (χ0n) is 30.1. The Labute approximate surface area is 329 Å². The molecule has 0 bridgehead atoms. The summed E-state index contributed by atoms with van der Waals surface area (Å²) in [6.07, 6.45) is 5.93. The first-order valence-corrected chi connectivity index (χ1v) is 17.3. The molecule has 0 unspecified atom stereocenters. The first-order valence-electron chi connectivity index (χ1n) is 17.3. The Morgan fingerprint density at radius 1 is 0.414 bits per heavy atom. The van der Waals surface area contributed by atoms with Crippen molar-refractivity contribution >= 4 is 47.6 Å². The van der Waals surface area contributed by atoms with Crippen LogP contribution in [0, 0.1) is 0 Å². The van der Waals surface area contributed by atoms with Gasteiger partial charge in [0.1, 0.15) is 34.1 Å². The van der Waals surface area contributed by atoms with Gasteiger partial charge in [-0.15, -0.1) is 0 Å². The molecule has 4 N–H and O–H groups in total. The number of allylic oxidation sites excluding steroid dienone is 2. The molecule has 6 aromatic rings. The third-order valence-electron chi connectivity index (χ3n) is 8.61. The predicted octanol–water partition coefficient (Wildman–Crippen LogP) is 9.52. The highest BCUT2D eigenvalue weighted by molar-refractivity contribution is 6.08. The van der Waals surface area contributed by atoms with Crippen LogP contribution in [0.15, 0.2) is 146 Å². The number of hydrogen-bond acceptors (Lipinski definition) is 8. The number of carboxylic acid groups (broad SMARTS) is 4. The van der Waals surface area contributed by atoms with E-state index in [1.165, 1.54) is 48.6 Å². The summed E-state index contributed by atoms with van der Waals surface area (Å²) in [7, 11) is 0. The van der Waals surface area contributed by atoms with Crippen molar-refractivity contribution < 1.29 is 58.7 Å². The average Bonchev–Trinajstić information content (AvgIpc) is 3.22. The van der Waals surface area contributed by atoms with E-state index in [-0.39, 0.29) is 34.2 Å². The molecular formula is C46H30O12. The van der Waals surface area contributed by atoms with Crippen molar-refractivity contribution in [2.24, 2.45) is 0 Å². The fraction of sp³-hybridized carbons (Fsp3) is 0. The van der Waals surface area contributed by atoms with Crippen molar-refractivity contribution in [1.82, 2.24) is 0 Å². The minimum Gasteiger partial charge on any atom is -0.478 e. The molecule has 0 saturated heterocycles. The van der Waals surface area contributed by atoms with Gasteiger partial charge in [0.2, 0.25) is 0 Å². The molecule has 286 valence electrons. The molecule has 6 aromatic carbocycles. The second-order valence-electron chi connectivity index (χ2n) is 12.5. The average molecular weight is 775 g/mol. The van der Waals surface area contributed by atoms with Crippen LogP contribution in [-0.2, 0) is 0 Å². The smallest absolute Gasteiger partial charge is 0.340 e. The summed E-state index contributed by atoms with van der Waals surface area (Å²) in [6.45, 7) is 0. The SMILES string of the molecule is O=C(/C=C/c1ccc(Oc2cc(-c3cc(Oc4ccc(/C=C/C(=O)c5ccccc5)cc4)c(C(=O)O)c(C(=O)O)c3)cc(C(=O)O)c2C(=O)O)cc1)c1ccccc1. The Hall–Kier alpha value is -8.38. The van der Waals surface area contributed by atoms with Crippen LogP contribution in [0.2, 0.25) is 0 Å². The van der Waals surface area contributed by atoms with Gasteiger partial charge in [0, 0.05) is 11.1 Å². The molecule has 58 heavy (non-hydrogen) atoms. The molecule has 0 radical (unpaired) electrons. The number of benzene rings is 6. The van der Waals surface area contributed by atoms with Crippen LogP contribution in [0.4, 0.5) is 0 Å². The zero-order chi connectivity index (χ0) is 41.3. The highest BCUT2D eigenvalue weighted by atomic mass is 16.5. The minimum absolute atomic E-state index is 0.0377. The van der Waals surface area contributed by atoms with Gasteiger partial charge in [0.15, 0.2) is 11.6 Å². The van der Waals surface area contributed by atoms with Crippen LogP contribution < -0.4 is 9.47 Å². The van der Waals surface area contributed by atoms with Crippen molar-refractivity contribution in [2.45, 2.75) is 0 Å². The van der Waals surface area contributed by atoms with Gasteiger partial charge in [0.05, 0.1) is 11.1 Å². The monoisotopic (exact) mass is 774 g/mol. The van der Waals surface area contributed by atoms with Gasteiger partial charge in [-0.3, -0.25) is 9.59 Å². The molecule has 0 atom stereocenters. The number of carbonyl (C=O) groups is 6. The van der Waals surface area contributed by atoms with Crippen LogP contribution in [0.25, 0.3) is 23.3 Å². The lowest BCUT2D eigenvalue weighted by Crippen LogP contribution is -2.12. The molecule has 0 heterocycles. The van der Waals surface area contributed by atoms with Crippen molar-refractivity contribution in [3.05, 3.63) is 190 Å². The number of rotatable bonds is 15. The normalized spacial score (nSPS) is 11.0. The number of hydrogen-bond donors (Lipinski definition) is 4. The molecule has 0 aliphatic carbocycles. The van der Waals surface area contributed by atoms with Crippen molar-refractivity contribution in [1.29, 1.82) is 0 Å². The highest BCUT2D eigenvalue weighted by Gasteiger charge is 2.27. The summed E-state index contributed by atoms with van der Waals surface area (Å²) in [5, 5.41) is 40.3. The van der Waals surface area contributed by atoms with Crippen LogP contribution in [0.5, 0.6) is 23.0 Å². The molecule has 0 aromatic heterocycles. The second-order valence-corrected chi connectivity index (χ2v) is 12.5. The molecule has 12 nitrogen and oxygen atoms in total. The lowest BCUT2D eigenvalue weighted by Gasteiger charge is -2.17. The summed E-state index contributed by atoms with van der Waals surface area (Å²) in [4.78, 5) is 74.7. The molecule has 12 heteroatoms. The van der Waals surface area contributed by atoms with Crippen LogP contribution in [0.3, 0.4) is 0 Å². The number of ketones is 2. The van der Waals surface area contributed by atoms with E-state index in [0.717, 1.165) is 12.1 Å². The number of carbonyl (C=O) groups excluding carboxylic acids is 2. The van der Waals surface area contributed by atoms with E-state index in [4.69, 9.17) is 9.47 Å². The number of ether oxygens (including phenoxy) is 2. The fourth-order valence-electron chi connectivity index (χ4n) is 5.79. The Balaban J connectivity index is 1.34. The zero-order valence-corrected chi connectivity index (χ0v) is 30.1. The van der Waals surface area contributed by atoms with E-state index in [0.29, 0.717) is 22.3 Å². The van der Waals surface area contributed by atoms with E-state index in [1.807, 2.05) is 0 Å². The topological polar surface area (TPSA) is 202 Å². The van der Waals surface area contributed by atoms with Crippen molar-refractivity contribution in [3.8, 4) is 34.1 Å². The Kier molecular flexibility index (Phi) is 11.8. The molecule has 0 amide bonds. The minimum atomic E-state index is -1.63. The van der Waals surface area contributed by atoms with Gasteiger partial charge >= 0.3 is 23.9 Å². The molecule has 0 saturated carbocycles. The largest absolute Gasteiger partial charge is 0.478 e. The first kappa shape index (κ1) is 39.3. The molecule has 0 spiro atoms. The Morgan fingerprint density at radius 3 is 1.07 bits per heavy atom. The van der Waals surface area contributed by atoms with E-state index in [1.54, 1.807) is 97.1 Å². The maximum Gasteiger partial charge on any atom is 0.340 e. The summed E-state index contributed by atoms with van der Waals surface area (Å²) >= 11 is 0. The third-order valence-corrected chi connectivity index (χ3v) is 8.61. The molecule has 0 aliphatic heterocycles. The number of carboxylic acids is 4. The summed E-state index contributed by atoms with van der Waals surface area (Å²) in [5.74, 6) is -7.60. The lowest BCUT2D eigenvalue weighted by atomic mass is 9.94. The van der Waals surface area contributed by atoms with Crippen molar-refractivity contribution in [2.75, 3.05) is 0 Å². The maximum atomic E-state index is 12.5. The Morgan fingerprint density at radius 2 is 0.759 bits per heavy atom. The van der Waals surface area contributed by atoms with E-state index < -0.39 is 57.6 Å². The number of aromatic carboxylic acids is 4. The van der Waals surface area contributed by atoms with E-state index in [2.05, 4.69) is 0 Å². The first-order chi connectivity index (χ1) is 27.9.